The van der Waals surface area contributed by atoms with Crippen molar-refractivity contribution < 1.29 is 27.4 Å². The topological polar surface area (TPSA) is 48.8 Å². The number of ether oxygens (including phenoxy) is 3. The highest BCUT2D eigenvalue weighted by Crippen LogP contribution is 2.33. The van der Waals surface area contributed by atoms with Gasteiger partial charge in [-0.25, -0.2) is 0 Å². The van der Waals surface area contributed by atoms with Crippen molar-refractivity contribution in [2.45, 2.75) is 39.3 Å². The lowest BCUT2D eigenvalue weighted by atomic mass is 10.3. The summed E-state index contributed by atoms with van der Waals surface area (Å²) >= 11 is 0. The Balaban J connectivity index is 1.88. The van der Waals surface area contributed by atoms with E-state index in [1.54, 1.807) is 6.07 Å². The van der Waals surface area contributed by atoms with Gasteiger partial charge in [-0.3, -0.25) is 4.57 Å². The minimum Gasteiger partial charge on any atom is -0.425 e. The third-order valence-corrected chi connectivity index (χ3v) is 3.89. The molecule has 0 fully saturated rings. The number of aromatic nitrogens is 2. The van der Waals surface area contributed by atoms with Crippen LogP contribution < -0.4 is 14.4 Å². The Morgan fingerprint density at radius 2 is 2.04 bits per heavy atom. The molecule has 1 aliphatic heterocycles. The van der Waals surface area contributed by atoms with Gasteiger partial charge in [0.15, 0.2) is 5.82 Å². The summed E-state index contributed by atoms with van der Waals surface area (Å²) in [5.41, 5.74) is 0.893. The predicted molar refractivity (Wildman–Crippen MR) is 88.4 cm³/mol. The average molecular weight is 371 g/mol. The molecule has 3 rings (SSSR count). The molecule has 0 N–H and O–H groups in total. The van der Waals surface area contributed by atoms with Crippen LogP contribution in [0.3, 0.4) is 0 Å². The highest BCUT2D eigenvalue weighted by Gasteiger charge is 2.31. The summed E-state index contributed by atoms with van der Waals surface area (Å²) in [6.45, 7) is 3.59. The van der Waals surface area contributed by atoms with Gasteiger partial charge in [-0.05, 0) is 18.6 Å². The average Bonchev–Trinajstić information content (AvgIpc) is 2.90. The van der Waals surface area contributed by atoms with E-state index in [-0.39, 0.29) is 11.5 Å². The van der Waals surface area contributed by atoms with E-state index in [1.807, 2.05) is 16.5 Å². The third-order valence-electron chi connectivity index (χ3n) is 3.89. The van der Waals surface area contributed by atoms with Crippen molar-refractivity contribution in [2.24, 2.45) is 0 Å². The minimum absolute atomic E-state index is 0.218. The van der Waals surface area contributed by atoms with Crippen LogP contribution in [0.15, 0.2) is 24.3 Å². The second-order valence-electron chi connectivity index (χ2n) is 5.97. The molecule has 1 aromatic carbocycles. The Hall–Kier alpha value is -2.42. The Labute approximate surface area is 149 Å². The molecule has 0 spiro atoms. The molecule has 2 aromatic rings. The van der Waals surface area contributed by atoms with E-state index >= 15 is 0 Å². The SMILES string of the molecule is CCCCn1c(Oc2cccc(OC(F)(F)F)c2)nc2c1COCN2C. The first-order valence-corrected chi connectivity index (χ1v) is 8.29. The van der Waals surface area contributed by atoms with Gasteiger partial charge >= 0.3 is 12.4 Å². The van der Waals surface area contributed by atoms with E-state index in [0.717, 1.165) is 24.4 Å². The zero-order chi connectivity index (χ0) is 18.7. The zero-order valence-corrected chi connectivity index (χ0v) is 14.5. The number of halogens is 3. The van der Waals surface area contributed by atoms with E-state index in [2.05, 4.69) is 16.6 Å². The summed E-state index contributed by atoms with van der Waals surface area (Å²) in [7, 11) is 1.86. The van der Waals surface area contributed by atoms with Crippen molar-refractivity contribution in [1.82, 2.24) is 9.55 Å². The van der Waals surface area contributed by atoms with Crippen LogP contribution >= 0.6 is 0 Å². The van der Waals surface area contributed by atoms with Crippen molar-refractivity contribution in [3.8, 4) is 17.5 Å². The van der Waals surface area contributed by atoms with E-state index in [1.165, 1.54) is 18.2 Å². The van der Waals surface area contributed by atoms with Gasteiger partial charge in [0.2, 0.25) is 0 Å². The highest BCUT2D eigenvalue weighted by atomic mass is 19.4. The van der Waals surface area contributed by atoms with Gasteiger partial charge in [0.1, 0.15) is 18.2 Å². The first kappa shape index (κ1) is 18.4. The third kappa shape index (κ3) is 4.21. The largest absolute Gasteiger partial charge is 0.573 e. The molecule has 0 radical (unpaired) electrons. The molecule has 0 aliphatic carbocycles. The fraction of sp³-hybridized carbons (Fsp3) is 0.471. The molecule has 0 saturated heterocycles. The number of imidazole rings is 1. The van der Waals surface area contributed by atoms with Gasteiger partial charge in [0.25, 0.3) is 0 Å². The molecule has 1 aliphatic rings. The number of nitrogens with zero attached hydrogens (tertiary/aromatic N) is 3. The molecule has 9 heteroatoms. The molecule has 0 unspecified atom stereocenters. The Bertz CT molecular complexity index is 761. The standard InChI is InChI=1S/C17H20F3N3O3/c1-3-4-8-23-14-10-24-11-22(2)15(14)21-16(23)25-12-6-5-7-13(9-12)26-17(18,19)20/h5-7,9H,3-4,8,10-11H2,1-2H3. The van der Waals surface area contributed by atoms with Crippen LogP contribution in [-0.4, -0.2) is 29.7 Å². The maximum absolute atomic E-state index is 12.4. The van der Waals surface area contributed by atoms with Gasteiger partial charge in [0, 0.05) is 19.7 Å². The lowest BCUT2D eigenvalue weighted by molar-refractivity contribution is -0.274. The van der Waals surface area contributed by atoms with Crippen LogP contribution in [-0.2, 0) is 17.9 Å². The maximum Gasteiger partial charge on any atom is 0.573 e. The summed E-state index contributed by atoms with van der Waals surface area (Å²) in [5.74, 6) is 0.632. The van der Waals surface area contributed by atoms with Crippen LogP contribution in [0.1, 0.15) is 25.5 Å². The van der Waals surface area contributed by atoms with Gasteiger partial charge in [0.05, 0.1) is 12.3 Å². The van der Waals surface area contributed by atoms with Crippen molar-refractivity contribution in [3.63, 3.8) is 0 Å². The maximum atomic E-state index is 12.4. The molecule has 0 saturated carbocycles. The summed E-state index contributed by atoms with van der Waals surface area (Å²) in [5, 5.41) is 0. The molecule has 0 atom stereocenters. The molecule has 1 aromatic heterocycles. The lowest BCUT2D eigenvalue weighted by Crippen LogP contribution is -2.27. The molecule has 26 heavy (non-hydrogen) atoms. The smallest absolute Gasteiger partial charge is 0.425 e. The summed E-state index contributed by atoms with van der Waals surface area (Å²) in [4.78, 5) is 6.37. The van der Waals surface area contributed by atoms with E-state index < -0.39 is 6.36 Å². The number of rotatable bonds is 6. The van der Waals surface area contributed by atoms with Crippen LogP contribution in [0.5, 0.6) is 17.5 Å². The molecular formula is C17H20F3N3O3. The Morgan fingerprint density at radius 3 is 2.77 bits per heavy atom. The normalized spacial score (nSPS) is 14.3. The van der Waals surface area contributed by atoms with Gasteiger partial charge in [-0.1, -0.05) is 19.4 Å². The number of anilines is 1. The molecule has 0 bridgehead atoms. The van der Waals surface area contributed by atoms with Crippen molar-refractivity contribution >= 4 is 5.82 Å². The quantitative estimate of drug-likeness (QED) is 0.758. The second-order valence-corrected chi connectivity index (χ2v) is 5.97. The molecular weight excluding hydrogens is 351 g/mol. The summed E-state index contributed by atoms with van der Waals surface area (Å²) in [6, 6.07) is 5.72. The van der Waals surface area contributed by atoms with Gasteiger partial charge < -0.3 is 19.1 Å². The number of unbranched alkanes of at least 4 members (excludes halogenated alkanes) is 1. The molecule has 2 heterocycles. The predicted octanol–water partition coefficient (Wildman–Crippen LogP) is 4.30. The lowest BCUT2D eigenvalue weighted by Gasteiger charge is -2.24. The van der Waals surface area contributed by atoms with Crippen molar-refractivity contribution in [3.05, 3.63) is 30.0 Å². The highest BCUT2D eigenvalue weighted by molar-refractivity contribution is 5.48. The number of alkyl halides is 3. The van der Waals surface area contributed by atoms with Gasteiger partial charge in [-0.2, -0.15) is 4.98 Å². The monoisotopic (exact) mass is 371 g/mol. The van der Waals surface area contributed by atoms with E-state index in [9.17, 15) is 13.2 Å². The molecule has 6 nitrogen and oxygen atoms in total. The number of hydrogen-bond donors (Lipinski definition) is 0. The zero-order valence-electron chi connectivity index (χ0n) is 14.5. The van der Waals surface area contributed by atoms with Crippen molar-refractivity contribution in [2.75, 3.05) is 18.7 Å². The van der Waals surface area contributed by atoms with Crippen LogP contribution in [0.25, 0.3) is 0 Å². The Morgan fingerprint density at radius 1 is 1.27 bits per heavy atom. The second kappa shape index (κ2) is 7.45. The number of benzene rings is 1. The molecule has 0 amide bonds. The van der Waals surface area contributed by atoms with Crippen LogP contribution in [0.4, 0.5) is 19.0 Å². The first-order valence-electron chi connectivity index (χ1n) is 8.29. The van der Waals surface area contributed by atoms with E-state index in [4.69, 9.17) is 9.47 Å². The van der Waals surface area contributed by atoms with Gasteiger partial charge in [-0.15, -0.1) is 13.2 Å². The Kier molecular flexibility index (Phi) is 5.26. The fourth-order valence-corrected chi connectivity index (χ4v) is 2.71. The summed E-state index contributed by atoms with van der Waals surface area (Å²) in [6.07, 6.45) is -2.85. The summed E-state index contributed by atoms with van der Waals surface area (Å²) < 4.78 is 54.4. The molecule has 142 valence electrons. The van der Waals surface area contributed by atoms with Crippen molar-refractivity contribution in [1.29, 1.82) is 0 Å². The number of hydrogen-bond acceptors (Lipinski definition) is 5. The van der Waals surface area contributed by atoms with Crippen LogP contribution in [0.2, 0.25) is 0 Å². The fourth-order valence-electron chi connectivity index (χ4n) is 2.71. The minimum atomic E-state index is -4.75. The van der Waals surface area contributed by atoms with Crippen LogP contribution in [0, 0.1) is 0 Å². The number of fused-ring (bicyclic) bond motifs is 1. The first-order chi connectivity index (χ1) is 12.4. The van der Waals surface area contributed by atoms with E-state index in [0.29, 0.717) is 25.9 Å².